The molecule has 0 bridgehead atoms. The summed E-state index contributed by atoms with van der Waals surface area (Å²) in [5.41, 5.74) is 2.22. The van der Waals surface area contributed by atoms with Gasteiger partial charge in [0.05, 0.1) is 31.2 Å². The lowest BCUT2D eigenvalue weighted by atomic mass is 9.92. The molecule has 0 aliphatic carbocycles. The van der Waals surface area contributed by atoms with Crippen molar-refractivity contribution in [3.05, 3.63) is 48.0 Å². The Bertz CT molecular complexity index is 689. The van der Waals surface area contributed by atoms with Crippen LogP contribution in [-0.2, 0) is 22.6 Å². The van der Waals surface area contributed by atoms with Crippen molar-refractivity contribution >= 4 is 11.8 Å². The fraction of sp³-hybridized carbons (Fsp3) is 0.545. The number of aliphatic hydroxyl groups excluding tert-OH is 2. The van der Waals surface area contributed by atoms with Gasteiger partial charge in [-0.3, -0.25) is 9.59 Å². The van der Waals surface area contributed by atoms with Gasteiger partial charge in [0.1, 0.15) is 0 Å². The lowest BCUT2D eigenvalue weighted by Gasteiger charge is -2.36. The molecule has 1 aromatic carbocycles. The van der Waals surface area contributed by atoms with Gasteiger partial charge in [-0.25, -0.2) is 0 Å². The monoisotopic (exact) mass is 388 g/mol. The van der Waals surface area contributed by atoms with E-state index in [1.807, 2.05) is 38.1 Å². The lowest BCUT2D eigenvalue weighted by Crippen LogP contribution is -2.48. The van der Waals surface area contributed by atoms with E-state index in [9.17, 15) is 19.8 Å². The van der Waals surface area contributed by atoms with Gasteiger partial charge in [0, 0.05) is 13.0 Å². The smallest absolute Gasteiger partial charge is 0.224 e. The number of nitrogens with zero attached hydrogens (tertiary/aromatic N) is 1. The highest BCUT2D eigenvalue weighted by molar-refractivity contribution is 5.86. The molecule has 0 saturated carbocycles. The van der Waals surface area contributed by atoms with Gasteiger partial charge >= 0.3 is 0 Å². The Labute approximate surface area is 167 Å². The second-order valence-corrected chi connectivity index (χ2v) is 7.80. The third-order valence-electron chi connectivity index (χ3n) is 5.46. The van der Waals surface area contributed by atoms with E-state index < -0.39 is 5.92 Å². The maximum absolute atomic E-state index is 13.0. The predicted octanol–water partition coefficient (Wildman–Crippen LogP) is 1.65. The maximum Gasteiger partial charge on any atom is 0.224 e. The van der Waals surface area contributed by atoms with Gasteiger partial charge in [0.2, 0.25) is 11.8 Å². The molecular formula is C22H32N2O4. The summed E-state index contributed by atoms with van der Waals surface area (Å²) >= 11 is 0. The minimum atomic E-state index is -0.547. The zero-order valence-electron chi connectivity index (χ0n) is 16.8. The fourth-order valence-corrected chi connectivity index (χ4v) is 3.58. The normalized spacial score (nSPS) is 18.3. The molecule has 28 heavy (non-hydrogen) atoms. The summed E-state index contributed by atoms with van der Waals surface area (Å²) in [6.07, 6.45) is 2.67. The van der Waals surface area contributed by atoms with E-state index in [0.717, 1.165) is 11.1 Å². The van der Waals surface area contributed by atoms with Gasteiger partial charge in [-0.2, -0.15) is 0 Å². The zero-order valence-corrected chi connectivity index (χ0v) is 16.8. The number of allylic oxidation sites excluding steroid dienone is 1. The van der Waals surface area contributed by atoms with E-state index in [2.05, 4.69) is 11.9 Å². The molecule has 6 heteroatoms. The van der Waals surface area contributed by atoms with Crippen LogP contribution in [0.5, 0.6) is 0 Å². The van der Waals surface area contributed by atoms with Crippen molar-refractivity contribution in [2.45, 2.75) is 51.7 Å². The van der Waals surface area contributed by atoms with Gasteiger partial charge in [-0.05, 0) is 29.9 Å². The van der Waals surface area contributed by atoms with Crippen molar-refractivity contribution in [2.75, 3.05) is 13.2 Å². The number of fused-ring (bicyclic) bond motifs is 1. The van der Waals surface area contributed by atoms with Crippen LogP contribution in [0.3, 0.4) is 0 Å². The molecular weight excluding hydrogens is 356 g/mol. The summed E-state index contributed by atoms with van der Waals surface area (Å²) in [5, 5.41) is 22.1. The minimum Gasteiger partial charge on any atom is -0.394 e. The van der Waals surface area contributed by atoms with Crippen LogP contribution in [0.25, 0.3) is 0 Å². The quantitative estimate of drug-likeness (QED) is 0.561. The molecule has 1 aromatic rings. The molecule has 0 spiro atoms. The van der Waals surface area contributed by atoms with Gasteiger partial charge in [0.15, 0.2) is 0 Å². The average Bonchev–Trinajstić information content (AvgIpc) is 2.69. The highest BCUT2D eigenvalue weighted by Gasteiger charge is 2.32. The molecule has 3 atom stereocenters. The number of rotatable bonds is 9. The van der Waals surface area contributed by atoms with Crippen LogP contribution in [0.15, 0.2) is 36.9 Å². The first-order valence-corrected chi connectivity index (χ1v) is 9.90. The first-order valence-electron chi connectivity index (χ1n) is 9.90. The largest absolute Gasteiger partial charge is 0.394 e. The number of carbonyl (C=O) groups is 2. The molecule has 1 aliphatic rings. The number of benzene rings is 1. The Morgan fingerprint density at radius 1 is 1.29 bits per heavy atom. The molecule has 3 N–H and O–H groups in total. The molecule has 6 nitrogen and oxygen atoms in total. The minimum absolute atomic E-state index is 0.0484. The second-order valence-electron chi connectivity index (χ2n) is 7.80. The Morgan fingerprint density at radius 2 is 1.96 bits per heavy atom. The highest BCUT2D eigenvalue weighted by Crippen LogP contribution is 2.25. The van der Waals surface area contributed by atoms with Gasteiger partial charge in [-0.1, -0.05) is 44.2 Å². The Balaban J connectivity index is 2.10. The Kier molecular flexibility index (Phi) is 8.20. The van der Waals surface area contributed by atoms with Gasteiger partial charge in [0.25, 0.3) is 0 Å². The number of hydrogen-bond donors (Lipinski definition) is 3. The summed E-state index contributed by atoms with van der Waals surface area (Å²) in [7, 11) is 0. The summed E-state index contributed by atoms with van der Waals surface area (Å²) < 4.78 is 0. The summed E-state index contributed by atoms with van der Waals surface area (Å²) in [6, 6.07) is 7.29. The molecule has 0 saturated heterocycles. The maximum atomic E-state index is 13.0. The van der Waals surface area contributed by atoms with Gasteiger partial charge in [-0.15, -0.1) is 6.58 Å². The summed E-state index contributed by atoms with van der Waals surface area (Å²) in [5.74, 6) is -0.861. The Hall–Kier alpha value is -2.18. The molecule has 0 fully saturated rings. The number of amides is 2. The first-order chi connectivity index (χ1) is 13.4. The van der Waals surface area contributed by atoms with E-state index in [0.29, 0.717) is 19.4 Å². The topological polar surface area (TPSA) is 89.9 Å². The lowest BCUT2D eigenvalue weighted by molar-refractivity contribution is -0.140. The SMILES string of the molecule is C=CC[C@H](CC(=O)N1Cc2ccccc2C[C@H]1CO)C(=O)N[C@H](CO)C(C)C. The van der Waals surface area contributed by atoms with E-state index in [-0.39, 0.29) is 49.5 Å². The van der Waals surface area contributed by atoms with Crippen molar-refractivity contribution in [1.29, 1.82) is 0 Å². The highest BCUT2D eigenvalue weighted by atomic mass is 16.3. The van der Waals surface area contributed by atoms with Crippen LogP contribution < -0.4 is 5.32 Å². The molecule has 154 valence electrons. The van der Waals surface area contributed by atoms with Crippen LogP contribution in [0.1, 0.15) is 37.8 Å². The van der Waals surface area contributed by atoms with Crippen LogP contribution in [0, 0.1) is 11.8 Å². The standard InChI is InChI=1S/C22H32N2O4/c1-4-7-17(22(28)23-20(14-26)15(2)3)11-21(27)24-12-18-9-6-5-8-16(18)10-19(24)13-25/h4-6,8-9,15,17,19-20,25-26H,1,7,10-14H2,2-3H3,(H,23,28)/t17-,19+,20-/m1/s1. The van der Waals surface area contributed by atoms with E-state index >= 15 is 0 Å². The predicted molar refractivity (Wildman–Crippen MR) is 108 cm³/mol. The third kappa shape index (κ3) is 5.42. The number of hydrogen-bond acceptors (Lipinski definition) is 4. The fourth-order valence-electron chi connectivity index (χ4n) is 3.58. The third-order valence-corrected chi connectivity index (χ3v) is 5.46. The second kappa shape index (κ2) is 10.4. The van der Waals surface area contributed by atoms with Gasteiger partial charge < -0.3 is 20.4 Å². The summed E-state index contributed by atoms with van der Waals surface area (Å²) in [6.45, 7) is 7.73. The molecule has 0 unspecified atom stereocenters. The molecule has 1 aliphatic heterocycles. The molecule has 0 radical (unpaired) electrons. The van der Waals surface area contributed by atoms with E-state index in [1.165, 1.54) is 0 Å². The molecule has 1 heterocycles. The number of aliphatic hydroxyl groups is 2. The molecule has 0 aromatic heterocycles. The van der Waals surface area contributed by atoms with Crippen molar-refractivity contribution in [3.63, 3.8) is 0 Å². The first kappa shape index (κ1) is 22.1. The van der Waals surface area contributed by atoms with E-state index in [4.69, 9.17) is 0 Å². The van der Waals surface area contributed by atoms with Crippen molar-refractivity contribution in [3.8, 4) is 0 Å². The van der Waals surface area contributed by atoms with Crippen LogP contribution in [0.2, 0.25) is 0 Å². The van der Waals surface area contributed by atoms with E-state index in [1.54, 1.807) is 11.0 Å². The average molecular weight is 389 g/mol. The van der Waals surface area contributed by atoms with Crippen LogP contribution in [0.4, 0.5) is 0 Å². The number of nitrogens with one attached hydrogen (secondary N) is 1. The van der Waals surface area contributed by atoms with Crippen LogP contribution in [-0.4, -0.2) is 52.2 Å². The van der Waals surface area contributed by atoms with Crippen molar-refractivity contribution in [2.24, 2.45) is 11.8 Å². The van der Waals surface area contributed by atoms with Crippen molar-refractivity contribution < 1.29 is 19.8 Å². The molecule has 2 amide bonds. The number of carbonyl (C=O) groups excluding carboxylic acids is 2. The zero-order chi connectivity index (χ0) is 20.7. The van der Waals surface area contributed by atoms with Crippen molar-refractivity contribution in [1.82, 2.24) is 10.2 Å². The van der Waals surface area contributed by atoms with Crippen LogP contribution >= 0.6 is 0 Å². The molecule has 2 rings (SSSR count). The summed E-state index contributed by atoms with van der Waals surface area (Å²) in [4.78, 5) is 27.4. The Morgan fingerprint density at radius 3 is 2.54 bits per heavy atom.